The van der Waals surface area contributed by atoms with Gasteiger partial charge in [0.15, 0.2) is 5.13 Å². The molecule has 4 nitrogen and oxygen atoms in total. The van der Waals surface area contributed by atoms with E-state index in [0.29, 0.717) is 10.9 Å². The Morgan fingerprint density at radius 2 is 1.96 bits per heavy atom. The van der Waals surface area contributed by atoms with E-state index in [2.05, 4.69) is 36.3 Å². The van der Waals surface area contributed by atoms with Crippen molar-refractivity contribution >= 4 is 44.4 Å². The predicted octanol–water partition coefficient (Wildman–Crippen LogP) is 4.65. The fourth-order valence-electron chi connectivity index (χ4n) is 2.26. The summed E-state index contributed by atoms with van der Waals surface area (Å²) in [7, 11) is 1.64. The molecule has 1 heterocycles. The number of rotatable bonds is 5. The van der Waals surface area contributed by atoms with Crippen LogP contribution in [0.15, 0.2) is 41.3 Å². The highest BCUT2D eigenvalue weighted by molar-refractivity contribution is 8.00. The summed E-state index contributed by atoms with van der Waals surface area (Å²) < 4.78 is 6.22. The van der Waals surface area contributed by atoms with Crippen molar-refractivity contribution < 1.29 is 9.53 Å². The zero-order chi connectivity index (χ0) is 17.1. The van der Waals surface area contributed by atoms with E-state index in [-0.39, 0.29) is 5.91 Å². The van der Waals surface area contributed by atoms with Crippen molar-refractivity contribution in [2.75, 3.05) is 18.2 Å². The lowest BCUT2D eigenvalue weighted by atomic mass is 10.1. The molecule has 24 heavy (non-hydrogen) atoms. The van der Waals surface area contributed by atoms with Gasteiger partial charge in [-0.25, -0.2) is 4.98 Å². The Labute approximate surface area is 149 Å². The number of aromatic nitrogens is 1. The molecule has 0 aliphatic rings. The number of thioether (sulfide) groups is 1. The van der Waals surface area contributed by atoms with Crippen LogP contribution in [0.5, 0.6) is 5.75 Å². The van der Waals surface area contributed by atoms with Gasteiger partial charge in [-0.05, 0) is 55.3 Å². The minimum Gasteiger partial charge on any atom is -0.497 e. The fraction of sp³-hybridized carbons (Fsp3) is 0.222. The van der Waals surface area contributed by atoms with Gasteiger partial charge in [0.05, 0.1) is 23.1 Å². The highest BCUT2D eigenvalue weighted by Gasteiger charge is 2.10. The molecule has 3 rings (SSSR count). The molecule has 3 aromatic rings. The monoisotopic (exact) mass is 358 g/mol. The van der Waals surface area contributed by atoms with E-state index < -0.39 is 0 Å². The van der Waals surface area contributed by atoms with Crippen LogP contribution in [-0.2, 0) is 4.79 Å². The Morgan fingerprint density at radius 3 is 2.67 bits per heavy atom. The van der Waals surface area contributed by atoms with Crippen LogP contribution in [0, 0.1) is 13.8 Å². The molecule has 6 heteroatoms. The van der Waals surface area contributed by atoms with Crippen molar-refractivity contribution in [3.05, 3.63) is 47.5 Å². The summed E-state index contributed by atoms with van der Waals surface area (Å²) in [6, 6.07) is 11.8. The number of ether oxygens (including phenoxy) is 1. The van der Waals surface area contributed by atoms with Crippen molar-refractivity contribution in [1.82, 2.24) is 4.98 Å². The standard InChI is InChI=1S/C18H18N2O2S2/c1-11-4-9-15-17(12(11)2)20-18(24-15)19-16(21)10-23-14-7-5-13(22-3)6-8-14/h4-9H,10H2,1-3H3,(H,19,20,21). The van der Waals surface area contributed by atoms with Crippen LogP contribution >= 0.6 is 23.1 Å². The van der Waals surface area contributed by atoms with E-state index >= 15 is 0 Å². The van der Waals surface area contributed by atoms with Crippen molar-refractivity contribution in [3.63, 3.8) is 0 Å². The van der Waals surface area contributed by atoms with Gasteiger partial charge in [0.1, 0.15) is 5.75 Å². The molecule has 0 fully saturated rings. The SMILES string of the molecule is COc1ccc(SCC(=O)Nc2nc3c(C)c(C)ccc3s2)cc1. The first kappa shape index (κ1) is 16.8. The number of hydrogen-bond donors (Lipinski definition) is 1. The van der Waals surface area contributed by atoms with E-state index in [4.69, 9.17) is 4.74 Å². The third kappa shape index (κ3) is 3.71. The average molecular weight is 358 g/mol. The average Bonchev–Trinajstić information content (AvgIpc) is 3.00. The number of carbonyl (C=O) groups is 1. The van der Waals surface area contributed by atoms with E-state index in [0.717, 1.165) is 26.4 Å². The van der Waals surface area contributed by atoms with Crippen molar-refractivity contribution in [2.24, 2.45) is 0 Å². The molecule has 0 saturated heterocycles. The molecule has 1 aromatic heterocycles. The molecule has 0 saturated carbocycles. The topological polar surface area (TPSA) is 51.2 Å². The Kier molecular flexibility index (Phi) is 5.06. The lowest BCUT2D eigenvalue weighted by Crippen LogP contribution is -2.13. The van der Waals surface area contributed by atoms with E-state index in [9.17, 15) is 4.79 Å². The Morgan fingerprint density at radius 1 is 1.21 bits per heavy atom. The van der Waals surface area contributed by atoms with Gasteiger partial charge >= 0.3 is 0 Å². The second kappa shape index (κ2) is 7.23. The molecule has 0 aliphatic carbocycles. The molecule has 0 aliphatic heterocycles. The molecule has 0 bridgehead atoms. The smallest absolute Gasteiger partial charge is 0.236 e. The quantitative estimate of drug-likeness (QED) is 0.674. The highest BCUT2D eigenvalue weighted by Crippen LogP contribution is 2.30. The lowest BCUT2D eigenvalue weighted by molar-refractivity contribution is -0.113. The number of amides is 1. The van der Waals surface area contributed by atoms with Crippen LogP contribution in [0.1, 0.15) is 11.1 Å². The van der Waals surface area contributed by atoms with Crippen LogP contribution in [0.4, 0.5) is 5.13 Å². The molecule has 124 valence electrons. The van der Waals surface area contributed by atoms with Gasteiger partial charge in [-0.2, -0.15) is 0 Å². The van der Waals surface area contributed by atoms with Crippen molar-refractivity contribution in [1.29, 1.82) is 0 Å². The van der Waals surface area contributed by atoms with Gasteiger partial charge < -0.3 is 10.1 Å². The van der Waals surface area contributed by atoms with Gasteiger partial charge in [-0.15, -0.1) is 11.8 Å². The maximum atomic E-state index is 12.1. The third-order valence-corrected chi connectivity index (χ3v) is 5.71. The Bertz CT molecular complexity index is 873. The van der Waals surface area contributed by atoms with Gasteiger partial charge in [0.25, 0.3) is 0 Å². The lowest BCUT2D eigenvalue weighted by Gasteiger charge is -2.03. The van der Waals surface area contributed by atoms with Crippen LogP contribution in [0.25, 0.3) is 10.2 Å². The number of thiazole rings is 1. The predicted molar refractivity (Wildman–Crippen MR) is 101 cm³/mol. The summed E-state index contributed by atoms with van der Waals surface area (Å²) in [5.74, 6) is 1.11. The first-order chi connectivity index (χ1) is 11.6. The normalized spacial score (nSPS) is 10.8. The van der Waals surface area contributed by atoms with Crippen molar-refractivity contribution in [2.45, 2.75) is 18.7 Å². The van der Waals surface area contributed by atoms with Crippen LogP contribution in [0.3, 0.4) is 0 Å². The van der Waals surface area contributed by atoms with Gasteiger partial charge in [0.2, 0.25) is 5.91 Å². The van der Waals surface area contributed by atoms with Gasteiger partial charge in [-0.3, -0.25) is 4.79 Å². The number of benzene rings is 2. The zero-order valence-corrected chi connectivity index (χ0v) is 15.4. The van der Waals surface area contributed by atoms with Crippen LogP contribution in [0.2, 0.25) is 0 Å². The van der Waals surface area contributed by atoms with Crippen LogP contribution < -0.4 is 10.1 Å². The molecule has 0 unspecified atom stereocenters. The van der Waals surface area contributed by atoms with Crippen molar-refractivity contribution in [3.8, 4) is 5.75 Å². The third-order valence-electron chi connectivity index (χ3n) is 3.76. The number of methoxy groups -OCH3 is 1. The van der Waals surface area contributed by atoms with Gasteiger partial charge in [-0.1, -0.05) is 17.4 Å². The molecule has 1 amide bonds. The number of nitrogens with zero attached hydrogens (tertiary/aromatic N) is 1. The first-order valence-corrected chi connectivity index (χ1v) is 9.30. The maximum absolute atomic E-state index is 12.1. The minimum atomic E-state index is -0.0516. The summed E-state index contributed by atoms with van der Waals surface area (Å²) in [6.45, 7) is 4.13. The number of hydrogen-bond acceptors (Lipinski definition) is 5. The number of fused-ring (bicyclic) bond motifs is 1. The fourth-order valence-corrected chi connectivity index (χ4v) is 3.90. The molecule has 0 spiro atoms. The van der Waals surface area contributed by atoms with Crippen LogP contribution in [-0.4, -0.2) is 23.8 Å². The maximum Gasteiger partial charge on any atom is 0.236 e. The summed E-state index contributed by atoms with van der Waals surface area (Å²) in [5.41, 5.74) is 3.34. The molecule has 1 N–H and O–H groups in total. The second-order valence-corrected chi connectivity index (χ2v) is 7.47. The van der Waals surface area contributed by atoms with E-state index in [1.165, 1.54) is 28.7 Å². The summed E-state index contributed by atoms with van der Waals surface area (Å²) in [6.07, 6.45) is 0. The zero-order valence-electron chi connectivity index (χ0n) is 13.8. The number of nitrogens with one attached hydrogen (secondary N) is 1. The minimum absolute atomic E-state index is 0.0516. The summed E-state index contributed by atoms with van der Waals surface area (Å²) in [5, 5.41) is 3.55. The Hall–Kier alpha value is -2.05. The molecular formula is C18H18N2O2S2. The molecular weight excluding hydrogens is 340 g/mol. The summed E-state index contributed by atoms with van der Waals surface area (Å²) >= 11 is 2.99. The number of aryl methyl sites for hydroxylation is 2. The van der Waals surface area contributed by atoms with Gasteiger partial charge in [0, 0.05) is 4.90 Å². The summed E-state index contributed by atoms with van der Waals surface area (Å²) in [4.78, 5) is 17.7. The highest BCUT2D eigenvalue weighted by atomic mass is 32.2. The first-order valence-electron chi connectivity index (χ1n) is 7.50. The molecule has 0 radical (unpaired) electrons. The molecule has 2 aromatic carbocycles. The second-order valence-electron chi connectivity index (χ2n) is 5.39. The van der Waals surface area contributed by atoms with E-state index in [1.54, 1.807) is 7.11 Å². The number of carbonyl (C=O) groups excluding carboxylic acids is 1. The van der Waals surface area contributed by atoms with E-state index in [1.807, 2.05) is 24.3 Å². The largest absolute Gasteiger partial charge is 0.497 e. The Balaban J connectivity index is 1.63. The molecule has 0 atom stereocenters. The number of anilines is 1.